The van der Waals surface area contributed by atoms with Crippen molar-refractivity contribution in [1.29, 1.82) is 0 Å². The lowest BCUT2D eigenvalue weighted by Gasteiger charge is -2.13. The van der Waals surface area contributed by atoms with Gasteiger partial charge in [-0.05, 0) is 49.1 Å². The number of aromatic amines is 1. The fourth-order valence-electron chi connectivity index (χ4n) is 2.71. The first-order valence-electron chi connectivity index (χ1n) is 7.75. The lowest BCUT2D eigenvalue weighted by molar-refractivity contribution is 0.515. The van der Waals surface area contributed by atoms with Gasteiger partial charge in [0.25, 0.3) is 0 Å². The predicted molar refractivity (Wildman–Crippen MR) is 94.4 cm³/mol. The van der Waals surface area contributed by atoms with Crippen LogP contribution in [0.2, 0.25) is 5.02 Å². The molecule has 1 unspecified atom stereocenters. The molecule has 1 heterocycles. The lowest BCUT2D eigenvalue weighted by Crippen LogP contribution is -2.25. The van der Waals surface area contributed by atoms with Crippen molar-refractivity contribution in [2.24, 2.45) is 0 Å². The second kappa shape index (κ2) is 6.99. The molecule has 3 rings (SSSR count). The Hall–Kier alpha value is -1.77. The van der Waals surface area contributed by atoms with Crippen LogP contribution in [0.4, 0.5) is 0 Å². The predicted octanol–water partition coefficient (Wildman–Crippen LogP) is 4.93. The molecule has 1 aromatic heterocycles. The van der Waals surface area contributed by atoms with Crippen LogP contribution >= 0.6 is 11.6 Å². The SMILES string of the molecule is CC(CCc1ccccc1)NCc1c[nH]c2ccc(Cl)cc12. The van der Waals surface area contributed by atoms with E-state index in [0.717, 1.165) is 29.9 Å². The van der Waals surface area contributed by atoms with Crippen molar-refractivity contribution < 1.29 is 0 Å². The Bertz CT molecular complexity index is 734. The zero-order chi connectivity index (χ0) is 15.4. The average molecular weight is 313 g/mol. The number of hydrogen-bond acceptors (Lipinski definition) is 1. The Morgan fingerprint density at radius 1 is 1.14 bits per heavy atom. The van der Waals surface area contributed by atoms with E-state index in [1.807, 2.05) is 18.2 Å². The van der Waals surface area contributed by atoms with Gasteiger partial charge in [0.15, 0.2) is 0 Å². The zero-order valence-corrected chi connectivity index (χ0v) is 13.5. The van der Waals surface area contributed by atoms with Gasteiger partial charge in [0.2, 0.25) is 0 Å². The van der Waals surface area contributed by atoms with Crippen LogP contribution in [0.3, 0.4) is 0 Å². The molecule has 0 bridgehead atoms. The van der Waals surface area contributed by atoms with Crippen LogP contribution in [-0.2, 0) is 13.0 Å². The van der Waals surface area contributed by atoms with Crippen molar-refractivity contribution in [3.05, 3.63) is 70.9 Å². The van der Waals surface area contributed by atoms with Crippen LogP contribution in [0.1, 0.15) is 24.5 Å². The molecule has 2 nitrogen and oxygen atoms in total. The molecule has 2 aromatic carbocycles. The Kier molecular flexibility index (Phi) is 4.81. The smallest absolute Gasteiger partial charge is 0.0458 e. The highest BCUT2D eigenvalue weighted by molar-refractivity contribution is 6.31. The van der Waals surface area contributed by atoms with Crippen LogP contribution in [0.15, 0.2) is 54.7 Å². The van der Waals surface area contributed by atoms with Crippen molar-refractivity contribution >= 4 is 22.5 Å². The van der Waals surface area contributed by atoms with Gasteiger partial charge < -0.3 is 10.3 Å². The normalized spacial score (nSPS) is 12.6. The Morgan fingerprint density at radius 3 is 2.77 bits per heavy atom. The quantitative estimate of drug-likeness (QED) is 0.663. The number of rotatable bonds is 6. The van der Waals surface area contributed by atoms with E-state index in [-0.39, 0.29) is 0 Å². The van der Waals surface area contributed by atoms with E-state index in [0.29, 0.717) is 6.04 Å². The summed E-state index contributed by atoms with van der Waals surface area (Å²) in [6.07, 6.45) is 4.31. The molecule has 0 aliphatic heterocycles. The molecule has 0 saturated carbocycles. The summed E-state index contributed by atoms with van der Waals surface area (Å²) in [7, 11) is 0. The van der Waals surface area contributed by atoms with Crippen molar-refractivity contribution in [2.75, 3.05) is 0 Å². The molecule has 2 N–H and O–H groups in total. The topological polar surface area (TPSA) is 27.8 Å². The standard InChI is InChI=1S/C19H21ClN2/c1-14(7-8-15-5-3-2-4-6-15)21-12-16-13-22-19-10-9-17(20)11-18(16)19/h2-6,9-11,13-14,21-22H,7-8,12H2,1H3. The van der Waals surface area contributed by atoms with E-state index in [1.54, 1.807) is 0 Å². The molecule has 0 spiro atoms. The molecule has 0 aliphatic carbocycles. The molecular formula is C19H21ClN2. The minimum Gasteiger partial charge on any atom is -0.361 e. The van der Waals surface area contributed by atoms with Crippen LogP contribution in [0.5, 0.6) is 0 Å². The zero-order valence-electron chi connectivity index (χ0n) is 12.8. The Labute approximate surface area is 136 Å². The van der Waals surface area contributed by atoms with E-state index < -0.39 is 0 Å². The summed E-state index contributed by atoms with van der Waals surface area (Å²) >= 11 is 6.09. The molecule has 0 amide bonds. The first-order valence-corrected chi connectivity index (χ1v) is 8.13. The monoisotopic (exact) mass is 312 g/mol. The van der Waals surface area contributed by atoms with Gasteiger partial charge in [0.1, 0.15) is 0 Å². The van der Waals surface area contributed by atoms with E-state index in [2.05, 4.69) is 53.8 Å². The molecule has 1 atom stereocenters. The van der Waals surface area contributed by atoms with Gasteiger partial charge >= 0.3 is 0 Å². The number of hydrogen-bond donors (Lipinski definition) is 2. The Morgan fingerprint density at radius 2 is 1.95 bits per heavy atom. The summed E-state index contributed by atoms with van der Waals surface area (Å²) in [6.45, 7) is 3.10. The average Bonchev–Trinajstić information content (AvgIpc) is 2.94. The number of aryl methyl sites for hydroxylation is 1. The molecule has 0 radical (unpaired) electrons. The molecule has 3 aromatic rings. The third-order valence-corrected chi connectivity index (χ3v) is 4.31. The first-order chi connectivity index (χ1) is 10.7. The largest absolute Gasteiger partial charge is 0.361 e. The summed E-state index contributed by atoms with van der Waals surface area (Å²) < 4.78 is 0. The summed E-state index contributed by atoms with van der Waals surface area (Å²) in [5, 5.41) is 5.59. The molecule has 0 aliphatic rings. The lowest BCUT2D eigenvalue weighted by atomic mass is 10.1. The molecule has 114 valence electrons. The minimum absolute atomic E-state index is 0.476. The van der Waals surface area contributed by atoms with Crippen molar-refractivity contribution in [2.45, 2.75) is 32.4 Å². The molecule has 0 fully saturated rings. The fourth-order valence-corrected chi connectivity index (χ4v) is 2.88. The number of nitrogens with one attached hydrogen (secondary N) is 2. The highest BCUT2D eigenvalue weighted by atomic mass is 35.5. The summed E-state index contributed by atoms with van der Waals surface area (Å²) in [6, 6.07) is 17.1. The molecule has 0 saturated heterocycles. The third-order valence-electron chi connectivity index (χ3n) is 4.08. The van der Waals surface area contributed by atoms with Crippen molar-refractivity contribution in [3.63, 3.8) is 0 Å². The van der Waals surface area contributed by atoms with Crippen molar-refractivity contribution in [1.82, 2.24) is 10.3 Å². The van der Waals surface area contributed by atoms with Crippen LogP contribution in [-0.4, -0.2) is 11.0 Å². The van der Waals surface area contributed by atoms with E-state index in [9.17, 15) is 0 Å². The van der Waals surface area contributed by atoms with Crippen LogP contribution in [0.25, 0.3) is 10.9 Å². The van der Waals surface area contributed by atoms with Crippen molar-refractivity contribution in [3.8, 4) is 0 Å². The second-order valence-electron chi connectivity index (χ2n) is 5.81. The summed E-state index contributed by atoms with van der Waals surface area (Å²) in [5.41, 5.74) is 3.80. The molecule has 3 heteroatoms. The van der Waals surface area contributed by atoms with Gasteiger partial charge in [-0.15, -0.1) is 0 Å². The Balaban J connectivity index is 1.56. The number of halogens is 1. The first kappa shape index (κ1) is 15.1. The van der Waals surface area contributed by atoms with E-state index >= 15 is 0 Å². The van der Waals surface area contributed by atoms with Gasteiger partial charge in [-0.3, -0.25) is 0 Å². The van der Waals surface area contributed by atoms with E-state index in [1.165, 1.54) is 16.5 Å². The van der Waals surface area contributed by atoms with Gasteiger partial charge in [0, 0.05) is 34.7 Å². The molecule has 22 heavy (non-hydrogen) atoms. The maximum absolute atomic E-state index is 6.09. The highest BCUT2D eigenvalue weighted by Crippen LogP contribution is 2.22. The number of aromatic nitrogens is 1. The number of fused-ring (bicyclic) bond motifs is 1. The maximum atomic E-state index is 6.09. The number of H-pyrrole nitrogens is 1. The van der Waals surface area contributed by atoms with Crippen LogP contribution in [0, 0.1) is 0 Å². The van der Waals surface area contributed by atoms with E-state index in [4.69, 9.17) is 11.6 Å². The van der Waals surface area contributed by atoms with Gasteiger partial charge in [-0.1, -0.05) is 41.9 Å². The van der Waals surface area contributed by atoms with Gasteiger partial charge in [-0.25, -0.2) is 0 Å². The van der Waals surface area contributed by atoms with Gasteiger partial charge in [-0.2, -0.15) is 0 Å². The second-order valence-corrected chi connectivity index (χ2v) is 6.25. The summed E-state index contributed by atoms with van der Waals surface area (Å²) in [4.78, 5) is 3.30. The summed E-state index contributed by atoms with van der Waals surface area (Å²) in [5.74, 6) is 0. The minimum atomic E-state index is 0.476. The maximum Gasteiger partial charge on any atom is 0.0458 e. The highest BCUT2D eigenvalue weighted by Gasteiger charge is 2.07. The number of benzene rings is 2. The van der Waals surface area contributed by atoms with Gasteiger partial charge in [0.05, 0.1) is 0 Å². The fraction of sp³-hybridized carbons (Fsp3) is 0.263. The molecular weight excluding hydrogens is 292 g/mol. The van der Waals surface area contributed by atoms with Crippen LogP contribution < -0.4 is 5.32 Å². The third kappa shape index (κ3) is 3.70.